The van der Waals surface area contributed by atoms with Crippen LogP contribution >= 0.6 is 0 Å². The molecule has 0 aromatic rings. The van der Waals surface area contributed by atoms with Gasteiger partial charge in [0, 0.05) is 14.2 Å². The van der Waals surface area contributed by atoms with E-state index in [4.69, 9.17) is 0 Å². The van der Waals surface area contributed by atoms with Gasteiger partial charge in [0.15, 0.2) is 0 Å². The lowest BCUT2D eigenvalue weighted by atomic mass is 10.4. The van der Waals surface area contributed by atoms with E-state index in [-0.39, 0.29) is 26.2 Å². The maximum Gasteiger partial charge on any atom is 0.452 e. The molecule has 15 heavy (non-hydrogen) atoms. The predicted molar refractivity (Wildman–Crippen MR) is 49.6 cm³/mol. The minimum Gasteiger partial charge on any atom is -0.444 e. The highest BCUT2D eigenvalue weighted by atomic mass is 16.6. The lowest BCUT2D eigenvalue weighted by Crippen LogP contribution is -2.06. The van der Waals surface area contributed by atoms with Crippen molar-refractivity contribution in [2.24, 2.45) is 10.2 Å². The van der Waals surface area contributed by atoms with Crippen molar-refractivity contribution in [2.45, 2.75) is 6.42 Å². The largest absolute Gasteiger partial charge is 0.452 e. The van der Waals surface area contributed by atoms with Crippen LogP contribution in [0.2, 0.25) is 0 Å². The van der Waals surface area contributed by atoms with Crippen LogP contribution in [0.15, 0.2) is 10.2 Å². The molecule has 0 N–H and O–H groups in total. The van der Waals surface area contributed by atoms with Gasteiger partial charge < -0.3 is 14.2 Å². The van der Waals surface area contributed by atoms with Crippen molar-refractivity contribution in [3.8, 4) is 0 Å². The third-order valence-electron chi connectivity index (χ3n) is 1.28. The molecule has 7 nitrogen and oxygen atoms in total. The van der Waals surface area contributed by atoms with Crippen molar-refractivity contribution < 1.29 is 23.8 Å². The van der Waals surface area contributed by atoms with E-state index in [0.29, 0.717) is 0 Å². The molecule has 0 saturated heterocycles. The molecule has 0 aromatic carbocycles. The van der Waals surface area contributed by atoms with Gasteiger partial charge in [-0.2, -0.15) is 0 Å². The van der Waals surface area contributed by atoms with Crippen LogP contribution in [-0.4, -0.2) is 46.0 Å². The number of nitrogens with zero attached hydrogens (tertiary/aromatic N) is 2. The van der Waals surface area contributed by atoms with Gasteiger partial charge in [-0.1, -0.05) is 5.11 Å². The summed E-state index contributed by atoms with van der Waals surface area (Å²) in [4.78, 5) is 21.6. The van der Waals surface area contributed by atoms with Gasteiger partial charge in [-0.15, -0.1) is 5.11 Å². The summed E-state index contributed by atoms with van der Waals surface area (Å²) in [6.45, 7) is 0.607. The average molecular weight is 218 g/mol. The fourth-order valence-corrected chi connectivity index (χ4v) is 0.577. The number of azo groups is 1. The minimum atomic E-state index is -0.905. The molecule has 0 atom stereocenters. The van der Waals surface area contributed by atoms with E-state index in [1.165, 1.54) is 14.2 Å². The summed E-state index contributed by atoms with van der Waals surface area (Å²) in [5.41, 5.74) is 0. The summed E-state index contributed by atoms with van der Waals surface area (Å²) in [5, 5.41) is 6.18. The highest BCUT2D eigenvalue weighted by Gasteiger charge is 2.02. The second-order valence-corrected chi connectivity index (χ2v) is 2.44. The van der Waals surface area contributed by atoms with E-state index in [1.807, 2.05) is 0 Å². The number of methoxy groups -OCH3 is 2. The van der Waals surface area contributed by atoms with Crippen LogP contribution in [0.5, 0.6) is 0 Å². The molecule has 0 aliphatic heterocycles. The zero-order chi connectivity index (χ0) is 11.5. The van der Waals surface area contributed by atoms with Crippen molar-refractivity contribution in [3.05, 3.63) is 0 Å². The van der Waals surface area contributed by atoms with Crippen molar-refractivity contribution >= 4 is 12.0 Å². The first-order valence-electron chi connectivity index (χ1n) is 4.30. The van der Waals surface area contributed by atoms with Crippen LogP contribution in [0, 0.1) is 0 Å². The van der Waals surface area contributed by atoms with E-state index >= 15 is 0 Å². The summed E-state index contributed by atoms with van der Waals surface area (Å²) in [5.74, 6) is -0.527. The molecule has 0 aromatic heterocycles. The summed E-state index contributed by atoms with van der Waals surface area (Å²) in [6.07, 6.45) is -0.816. The number of ether oxygens (including phenoxy) is 3. The van der Waals surface area contributed by atoms with Crippen LogP contribution in [0.1, 0.15) is 6.42 Å². The summed E-state index contributed by atoms with van der Waals surface area (Å²) in [6, 6.07) is 0. The molecule has 7 heteroatoms. The van der Waals surface area contributed by atoms with Crippen LogP contribution in [0.3, 0.4) is 0 Å². The van der Waals surface area contributed by atoms with E-state index in [0.717, 1.165) is 0 Å². The molecule has 0 radical (unpaired) electrons. The SMILES string of the molecule is COCCOC(=O)/N=N/C(=O)CCOC. The van der Waals surface area contributed by atoms with Crippen LogP contribution in [-0.2, 0) is 19.0 Å². The Morgan fingerprint density at radius 1 is 1.00 bits per heavy atom. The first-order chi connectivity index (χ1) is 7.20. The number of rotatable bonds is 6. The maximum absolute atomic E-state index is 10.9. The summed E-state index contributed by atoms with van der Waals surface area (Å²) >= 11 is 0. The van der Waals surface area contributed by atoms with Crippen LogP contribution in [0.25, 0.3) is 0 Å². The zero-order valence-electron chi connectivity index (χ0n) is 8.76. The van der Waals surface area contributed by atoms with Crippen molar-refractivity contribution in [1.29, 1.82) is 0 Å². The molecule has 0 rings (SSSR count). The zero-order valence-corrected chi connectivity index (χ0v) is 8.76. The van der Waals surface area contributed by atoms with Gasteiger partial charge >= 0.3 is 6.09 Å². The fourth-order valence-electron chi connectivity index (χ4n) is 0.577. The molecule has 0 aliphatic rings. The Hall–Kier alpha value is -1.34. The van der Waals surface area contributed by atoms with E-state index < -0.39 is 12.0 Å². The minimum absolute atomic E-state index is 0.0839. The average Bonchev–Trinajstić information content (AvgIpc) is 2.24. The topological polar surface area (TPSA) is 86.5 Å². The standard InChI is InChI=1S/C8H14N2O5/c1-13-4-3-7(11)9-10-8(12)15-6-5-14-2/h3-6H2,1-2H3/b10-9+. The quantitative estimate of drug-likeness (QED) is 0.485. The molecule has 0 saturated carbocycles. The first kappa shape index (κ1) is 13.7. The molecule has 86 valence electrons. The Kier molecular flexibility index (Phi) is 8.40. The first-order valence-corrected chi connectivity index (χ1v) is 4.30. The Morgan fingerprint density at radius 2 is 1.67 bits per heavy atom. The van der Waals surface area contributed by atoms with Crippen molar-refractivity contribution in [3.63, 3.8) is 0 Å². The van der Waals surface area contributed by atoms with E-state index in [2.05, 4.69) is 24.4 Å². The van der Waals surface area contributed by atoms with E-state index in [9.17, 15) is 9.59 Å². The van der Waals surface area contributed by atoms with Gasteiger partial charge in [0.1, 0.15) is 6.61 Å². The van der Waals surface area contributed by atoms with Gasteiger partial charge in [0.2, 0.25) is 0 Å². The molecule has 0 aliphatic carbocycles. The van der Waals surface area contributed by atoms with Crippen LogP contribution in [0.4, 0.5) is 4.79 Å². The fraction of sp³-hybridized carbons (Fsp3) is 0.750. The van der Waals surface area contributed by atoms with Gasteiger partial charge in [0.05, 0.1) is 19.6 Å². The molecular weight excluding hydrogens is 204 g/mol. The van der Waals surface area contributed by atoms with E-state index in [1.54, 1.807) is 0 Å². The van der Waals surface area contributed by atoms with Gasteiger partial charge in [0.25, 0.3) is 5.91 Å². The third kappa shape index (κ3) is 8.98. The number of carbonyl (C=O) groups excluding carboxylic acids is 2. The third-order valence-corrected chi connectivity index (χ3v) is 1.28. The lowest BCUT2D eigenvalue weighted by molar-refractivity contribution is -0.119. The number of carbonyl (C=O) groups is 2. The maximum atomic E-state index is 10.9. The Labute approximate surface area is 87.4 Å². The Morgan fingerprint density at radius 3 is 2.27 bits per heavy atom. The van der Waals surface area contributed by atoms with Crippen LogP contribution < -0.4 is 0 Å². The molecule has 0 heterocycles. The van der Waals surface area contributed by atoms with Gasteiger partial charge in [-0.3, -0.25) is 4.79 Å². The highest BCUT2D eigenvalue weighted by molar-refractivity contribution is 5.78. The second kappa shape index (κ2) is 9.22. The Bertz CT molecular complexity index is 229. The predicted octanol–water partition coefficient (Wildman–Crippen LogP) is 0.785. The number of hydrogen-bond acceptors (Lipinski definition) is 5. The summed E-state index contributed by atoms with van der Waals surface area (Å²) < 4.78 is 13.8. The second-order valence-electron chi connectivity index (χ2n) is 2.44. The molecule has 0 unspecified atom stereocenters. The van der Waals surface area contributed by atoms with Crippen molar-refractivity contribution in [1.82, 2.24) is 0 Å². The normalized spacial score (nSPS) is 10.5. The highest BCUT2D eigenvalue weighted by Crippen LogP contribution is 1.90. The molecule has 2 amide bonds. The van der Waals surface area contributed by atoms with Gasteiger partial charge in [-0.05, 0) is 0 Å². The Balaban J connectivity index is 3.65. The molecule has 0 spiro atoms. The smallest absolute Gasteiger partial charge is 0.444 e. The van der Waals surface area contributed by atoms with Crippen molar-refractivity contribution in [2.75, 3.05) is 34.0 Å². The lowest BCUT2D eigenvalue weighted by Gasteiger charge is -1.97. The number of amides is 2. The molecule has 0 bridgehead atoms. The molecular formula is C8H14N2O5. The summed E-state index contributed by atoms with van der Waals surface area (Å²) in [7, 11) is 2.94. The monoisotopic (exact) mass is 218 g/mol. The van der Waals surface area contributed by atoms with Gasteiger partial charge in [-0.25, -0.2) is 4.79 Å². The number of hydrogen-bond donors (Lipinski definition) is 0. The molecule has 0 fully saturated rings.